The molecule has 1 atom stereocenters. The van der Waals surface area contributed by atoms with Gasteiger partial charge in [-0.2, -0.15) is 0 Å². The van der Waals surface area contributed by atoms with E-state index in [0.29, 0.717) is 5.92 Å². The van der Waals surface area contributed by atoms with Crippen molar-refractivity contribution < 1.29 is 4.74 Å². The molecule has 0 bridgehead atoms. The Balaban J connectivity index is 2.82. The van der Waals surface area contributed by atoms with Gasteiger partial charge in [-0.3, -0.25) is 0 Å². The standard InChI is InChI=1S/C17H27BrO/c1-5-14(4)15-10-8-9-11-16(15)19-13-17(6-2,7-3)12-18/h8-11,14H,5-7,12-13H2,1-4H3. The van der Waals surface area contributed by atoms with Gasteiger partial charge in [-0.25, -0.2) is 0 Å². The van der Waals surface area contributed by atoms with Crippen molar-refractivity contribution in [3.63, 3.8) is 0 Å². The van der Waals surface area contributed by atoms with Crippen molar-refractivity contribution in [2.24, 2.45) is 5.41 Å². The van der Waals surface area contributed by atoms with Crippen LogP contribution >= 0.6 is 15.9 Å². The van der Waals surface area contributed by atoms with Gasteiger partial charge in [0.05, 0.1) is 6.61 Å². The van der Waals surface area contributed by atoms with Crippen molar-refractivity contribution in [1.82, 2.24) is 0 Å². The number of hydrogen-bond donors (Lipinski definition) is 0. The maximum absolute atomic E-state index is 6.17. The van der Waals surface area contributed by atoms with Crippen molar-refractivity contribution in [2.45, 2.75) is 52.9 Å². The number of alkyl halides is 1. The third-order valence-corrected chi connectivity index (χ3v) is 5.57. The molecule has 0 saturated heterocycles. The molecule has 0 heterocycles. The van der Waals surface area contributed by atoms with Crippen molar-refractivity contribution in [1.29, 1.82) is 0 Å². The summed E-state index contributed by atoms with van der Waals surface area (Å²) in [7, 11) is 0. The second kappa shape index (κ2) is 7.94. The molecule has 19 heavy (non-hydrogen) atoms. The summed E-state index contributed by atoms with van der Waals surface area (Å²) in [6.45, 7) is 9.77. The third kappa shape index (κ3) is 4.24. The zero-order valence-corrected chi connectivity index (χ0v) is 14.3. The molecule has 0 aliphatic rings. The van der Waals surface area contributed by atoms with Gasteiger partial charge in [0.2, 0.25) is 0 Å². The quantitative estimate of drug-likeness (QED) is 0.550. The minimum atomic E-state index is 0.253. The van der Waals surface area contributed by atoms with Crippen molar-refractivity contribution in [3.8, 4) is 5.75 Å². The van der Waals surface area contributed by atoms with Gasteiger partial charge in [-0.05, 0) is 36.8 Å². The maximum Gasteiger partial charge on any atom is 0.122 e. The van der Waals surface area contributed by atoms with E-state index in [1.165, 1.54) is 5.56 Å². The first kappa shape index (κ1) is 16.6. The molecule has 0 amide bonds. The fourth-order valence-corrected chi connectivity index (χ4v) is 3.11. The lowest BCUT2D eigenvalue weighted by Gasteiger charge is -2.30. The first-order valence-electron chi connectivity index (χ1n) is 7.40. The predicted octanol–water partition coefficient (Wildman–Crippen LogP) is 5.78. The number of rotatable bonds is 8. The molecule has 0 radical (unpaired) electrons. The van der Waals surface area contributed by atoms with Crippen LogP contribution in [0.1, 0.15) is 58.4 Å². The molecule has 0 aromatic heterocycles. The molecule has 0 fully saturated rings. The van der Waals surface area contributed by atoms with E-state index in [1.54, 1.807) is 0 Å². The van der Waals surface area contributed by atoms with Crippen LogP contribution in [-0.4, -0.2) is 11.9 Å². The normalized spacial score (nSPS) is 13.3. The Labute approximate surface area is 126 Å². The summed E-state index contributed by atoms with van der Waals surface area (Å²) in [6, 6.07) is 8.46. The number of ether oxygens (including phenoxy) is 1. The van der Waals surface area contributed by atoms with E-state index >= 15 is 0 Å². The fourth-order valence-electron chi connectivity index (χ4n) is 2.15. The Kier molecular flexibility index (Phi) is 6.92. The number of para-hydroxylation sites is 1. The molecule has 0 spiro atoms. The van der Waals surface area contributed by atoms with Crippen LogP contribution in [0.25, 0.3) is 0 Å². The van der Waals surface area contributed by atoms with E-state index in [4.69, 9.17) is 4.74 Å². The van der Waals surface area contributed by atoms with Crippen molar-refractivity contribution in [2.75, 3.05) is 11.9 Å². The lowest BCUT2D eigenvalue weighted by Crippen LogP contribution is -2.29. The Morgan fingerprint density at radius 1 is 1.16 bits per heavy atom. The maximum atomic E-state index is 6.17. The van der Waals surface area contributed by atoms with Gasteiger partial charge in [0.1, 0.15) is 5.75 Å². The lowest BCUT2D eigenvalue weighted by molar-refractivity contribution is 0.156. The smallest absolute Gasteiger partial charge is 0.122 e. The molecular weight excluding hydrogens is 300 g/mol. The van der Waals surface area contributed by atoms with E-state index in [0.717, 1.165) is 36.9 Å². The second-order valence-corrected chi connectivity index (χ2v) is 6.04. The number of halogens is 1. The Morgan fingerprint density at radius 3 is 2.32 bits per heavy atom. The van der Waals surface area contributed by atoms with Gasteiger partial charge in [0, 0.05) is 10.7 Å². The van der Waals surface area contributed by atoms with Crippen LogP contribution in [0, 0.1) is 5.41 Å². The summed E-state index contributed by atoms with van der Waals surface area (Å²) in [6.07, 6.45) is 3.42. The van der Waals surface area contributed by atoms with E-state index in [1.807, 2.05) is 0 Å². The molecule has 0 aliphatic carbocycles. The second-order valence-electron chi connectivity index (χ2n) is 5.48. The Hall–Kier alpha value is -0.500. The molecule has 1 nitrogen and oxygen atoms in total. The van der Waals surface area contributed by atoms with Crippen LogP contribution in [0.5, 0.6) is 5.75 Å². The van der Waals surface area contributed by atoms with Gasteiger partial charge < -0.3 is 4.74 Å². The van der Waals surface area contributed by atoms with Gasteiger partial charge in [-0.1, -0.05) is 61.8 Å². The topological polar surface area (TPSA) is 9.23 Å². The lowest BCUT2D eigenvalue weighted by atomic mass is 9.86. The minimum Gasteiger partial charge on any atom is -0.493 e. The average Bonchev–Trinajstić information content (AvgIpc) is 2.49. The van der Waals surface area contributed by atoms with Gasteiger partial charge >= 0.3 is 0 Å². The van der Waals surface area contributed by atoms with Gasteiger partial charge in [0.15, 0.2) is 0 Å². The Bertz CT molecular complexity index is 363. The summed E-state index contributed by atoms with van der Waals surface area (Å²) in [4.78, 5) is 0. The molecule has 0 N–H and O–H groups in total. The minimum absolute atomic E-state index is 0.253. The van der Waals surface area contributed by atoms with E-state index in [2.05, 4.69) is 67.9 Å². The molecule has 1 unspecified atom stereocenters. The van der Waals surface area contributed by atoms with E-state index in [9.17, 15) is 0 Å². The summed E-state index contributed by atoms with van der Waals surface area (Å²) in [5.41, 5.74) is 1.59. The molecule has 2 heteroatoms. The first-order valence-corrected chi connectivity index (χ1v) is 8.52. The average molecular weight is 327 g/mol. The van der Waals surface area contributed by atoms with Gasteiger partial charge in [-0.15, -0.1) is 0 Å². The highest BCUT2D eigenvalue weighted by Crippen LogP contribution is 2.33. The van der Waals surface area contributed by atoms with E-state index in [-0.39, 0.29) is 5.41 Å². The largest absolute Gasteiger partial charge is 0.493 e. The molecule has 1 rings (SSSR count). The monoisotopic (exact) mass is 326 g/mol. The highest BCUT2D eigenvalue weighted by atomic mass is 79.9. The van der Waals surface area contributed by atoms with Gasteiger partial charge in [0.25, 0.3) is 0 Å². The Morgan fingerprint density at radius 2 is 1.79 bits per heavy atom. The molecule has 0 aliphatic heterocycles. The van der Waals surface area contributed by atoms with Crippen molar-refractivity contribution >= 4 is 15.9 Å². The van der Waals surface area contributed by atoms with Crippen LogP contribution in [-0.2, 0) is 0 Å². The predicted molar refractivity (Wildman–Crippen MR) is 87.5 cm³/mol. The van der Waals surface area contributed by atoms with Crippen LogP contribution in [0.15, 0.2) is 24.3 Å². The molecule has 1 aromatic carbocycles. The molecule has 1 aromatic rings. The highest BCUT2D eigenvalue weighted by molar-refractivity contribution is 9.09. The SMILES string of the molecule is CCC(C)c1ccccc1OCC(CC)(CC)CBr. The summed E-state index contributed by atoms with van der Waals surface area (Å²) in [5.74, 6) is 1.61. The highest BCUT2D eigenvalue weighted by Gasteiger charge is 2.26. The zero-order valence-electron chi connectivity index (χ0n) is 12.7. The molecule has 0 saturated carbocycles. The number of benzene rings is 1. The summed E-state index contributed by atoms with van der Waals surface area (Å²) < 4.78 is 6.17. The van der Waals surface area contributed by atoms with E-state index < -0.39 is 0 Å². The third-order valence-electron chi connectivity index (χ3n) is 4.38. The fraction of sp³-hybridized carbons (Fsp3) is 0.647. The summed E-state index contributed by atoms with van der Waals surface area (Å²) in [5, 5.41) is 0.999. The van der Waals surface area contributed by atoms with Crippen LogP contribution < -0.4 is 4.74 Å². The van der Waals surface area contributed by atoms with Crippen LogP contribution in [0.4, 0.5) is 0 Å². The van der Waals surface area contributed by atoms with Crippen molar-refractivity contribution in [3.05, 3.63) is 29.8 Å². The molecular formula is C17H27BrO. The zero-order chi connectivity index (χ0) is 14.3. The molecule has 108 valence electrons. The first-order chi connectivity index (χ1) is 9.12. The number of hydrogen-bond acceptors (Lipinski definition) is 1. The van der Waals surface area contributed by atoms with Crippen LogP contribution in [0.3, 0.4) is 0 Å². The van der Waals surface area contributed by atoms with Crippen LogP contribution in [0.2, 0.25) is 0 Å². The summed E-state index contributed by atoms with van der Waals surface area (Å²) >= 11 is 3.65.